The molecule has 1 aromatic heterocycles. The van der Waals surface area contributed by atoms with Crippen LogP contribution in [0.4, 0.5) is 10.1 Å². The minimum absolute atomic E-state index is 0.195. The van der Waals surface area contributed by atoms with Crippen LogP contribution in [-0.2, 0) is 9.53 Å². The maximum Gasteiger partial charge on any atom is 0.340 e. The van der Waals surface area contributed by atoms with Gasteiger partial charge in [-0.25, -0.2) is 9.18 Å². The molecule has 2 aromatic carbocycles. The molecular formula is C24H22FN3O4. The van der Waals surface area contributed by atoms with E-state index in [1.54, 1.807) is 29.3 Å². The van der Waals surface area contributed by atoms with Crippen LogP contribution in [0.2, 0.25) is 0 Å². The molecule has 1 fully saturated rings. The zero-order chi connectivity index (χ0) is 22.7. The van der Waals surface area contributed by atoms with Crippen LogP contribution in [0.25, 0.3) is 10.8 Å². The van der Waals surface area contributed by atoms with Gasteiger partial charge in [0.2, 0.25) is 0 Å². The zero-order valence-corrected chi connectivity index (χ0v) is 17.6. The Labute approximate surface area is 184 Å². The highest BCUT2D eigenvalue weighted by Gasteiger charge is 2.24. The molecule has 8 heteroatoms. The smallest absolute Gasteiger partial charge is 0.340 e. The largest absolute Gasteiger partial charge is 0.452 e. The second-order valence-corrected chi connectivity index (χ2v) is 7.57. The summed E-state index contributed by atoms with van der Waals surface area (Å²) in [5, 5.41) is 1.53. The van der Waals surface area contributed by atoms with Gasteiger partial charge in [0, 0.05) is 49.5 Å². The molecule has 32 heavy (non-hydrogen) atoms. The normalized spacial score (nSPS) is 13.8. The predicted octanol–water partition coefficient (Wildman–Crippen LogP) is 3.08. The monoisotopic (exact) mass is 435 g/mol. The molecule has 0 bridgehead atoms. The standard InChI is InChI=1S/C24H22FN3O4/c1-16(29)17-6-7-22(21(25)12-17)27-8-10-28(11-9-27)23(30)15-32-24(31)20-14-26-13-18-4-2-3-5-19(18)20/h2-7,12-14H,8-11,15H2,1H3. The summed E-state index contributed by atoms with van der Waals surface area (Å²) in [6.45, 7) is 2.64. The summed E-state index contributed by atoms with van der Waals surface area (Å²) in [6.07, 6.45) is 3.09. The molecule has 2 heterocycles. The Morgan fingerprint density at radius 1 is 1.03 bits per heavy atom. The van der Waals surface area contributed by atoms with Gasteiger partial charge in [0.15, 0.2) is 12.4 Å². The Kier molecular flexibility index (Phi) is 6.11. The van der Waals surface area contributed by atoms with E-state index >= 15 is 0 Å². The minimum atomic E-state index is -0.603. The molecule has 1 aliphatic rings. The van der Waals surface area contributed by atoms with Gasteiger partial charge in [0.05, 0.1) is 11.3 Å². The molecule has 0 spiro atoms. The number of rotatable bonds is 5. The van der Waals surface area contributed by atoms with Gasteiger partial charge >= 0.3 is 5.97 Å². The van der Waals surface area contributed by atoms with Crippen molar-refractivity contribution in [2.75, 3.05) is 37.7 Å². The highest BCUT2D eigenvalue weighted by atomic mass is 19.1. The summed E-state index contributed by atoms with van der Waals surface area (Å²) in [6, 6.07) is 11.7. The number of carbonyl (C=O) groups is 3. The number of hydrogen-bond acceptors (Lipinski definition) is 6. The molecule has 0 saturated carbocycles. The summed E-state index contributed by atoms with van der Waals surface area (Å²) < 4.78 is 19.6. The number of amides is 1. The fraction of sp³-hybridized carbons (Fsp3) is 0.250. The lowest BCUT2D eigenvalue weighted by molar-refractivity contribution is -0.134. The summed E-state index contributed by atoms with van der Waals surface area (Å²) in [5.74, 6) is -1.57. The lowest BCUT2D eigenvalue weighted by Gasteiger charge is -2.36. The van der Waals surface area contributed by atoms with E-state index in [9.17, 15) is 18.8 Å². The maximum absolute atomic E-state index is 14.4. The second-order valence-electron chi connectivity index (χ2n) is 7.57. The zero-order valence-electron chi connectivity index (χ0n) is 17.6. The van der Waals surface area contributed by atoms with Crippen molar-refractivity contribution in [1.29, 1.82) is 0 Å². The second kappa shape index (κ2) is 9.13. The molecule has 1 saturated heterocycles. The predicted molar refractivity (Wildman–Crippen MR) is 117 cm³/mol. The third-order valence-electron chi connectivity index (χ3n) is 5.54. The first-order valence-corrected chi connectivity index (χ1v) is 10.3. The SMILES string of the molecule is CC(=O)c1ccc(N2CCN(C(=O)COC(=O)c3cncc4ccccc34)CC2)c(F)c1. The molecule has 0 radical (unpaired) electrons. The molecule has 0 unspecified atom stereocenters. The van der Waals surface area contributed by atoms with E-state index in [2.05, 4.69) is 4.98 Å². The van der Waals surface area contributed by atoms with Crippen LogP contribution in [0.15, 0.2) is 54.9 Å². The van der Waals surface area contributed by atoms with Crippen LogP contribution in [0.5, 0.6) is 0 Å². The Balaban J connectivity index is 1.33. The van der Waals surface area contributed by atoms with Crippen molar-refractivity contribution in [3.05, 3.63) is 71.8 Å². The molecule has 0 N–H and O–H groups in total. The van der Waals surface area contributed by atoms with Gasteiger partial charge in [-0.2, -0.15) is 0 Å². The van der Waals surface area contributed by atoms with E-state index in [1.165, 1.54) is 19.2 Å². The molecule has 4 rings (SSSR count). The fourth-order valence-corrected chi connectivity index (χ4v) is 3.75. The Bertz CT molecular complexity index is 1180. The number of fused-ring (bicyclic) bond motifs is 1. The van der Waals surface area contributed by atoms with Crippen molar-refractivity contribution in [1.82, 2.24) is 9.88 Å². The van der Waals surface area contributed by atoms with Gasteiger partial charge in [-0.05, 0) is 30.5 Å². The van der Waals surface area contributed by atoms with Crippen molar-refractivity contribution in [2.24, 2.45) is 0 Å². The Hall–Kier alpha value is -3.81. The summed E-state index contributed by atoms with van der Waals surface area (Å²) >= 11 is 0. The lowest BCUT2D eigenvalue weighted by atomic mass is 10.1. The number of esters is 1. The van der Waals surface area contributed by atoms with Gasteiger partial charge in [0.25, 0.3) is 5.91 Å². The van der Waals surface area contributed by atoms with Gasteiger partial charge in [-0.3, -0.25) is 14.6 Å². The van der Waals surface area contributed by atoms with Crippen LogP contribution in [0, 0.1) is 5.82 Å². The Morgan fingerprint density at radius 2 is 1.78 bits per heavy atom. The molecule has 1 aliphatic heterocycles. The first kappa shape index (κ1) is 21.4. The average molecular weight is 435 g/mol. The van der Waals surface area contributed by atoms with Crippen molar-refractivity contribution in [3.8, 4) is 0 Å². The van der Waals surface area contributed by atoms with E-state index in [4.69, 9.17) is 4.74 Å². The molecule has 7 nitrogen and oxygen atoms in total. The number of ether oxygens (including phenoxy) is 1. The summed E-state index contributed by atoms with van der Waals surface area (Å²) in [5.41, 5.74) is 1.03. The number of aromatic nitrogens is 1. The number of pyridine rings is 1. The highest BCUT2D eigenvalue weighted by molar-refractivity contribution is 6.04. The molecule has 1 amide bonds. The van der Waals surface area contributed by atoms with Gasteiger partial charge < -0.3 is 14.5 Å². The number of benzene rings is 2. The number of ketones is 1. The average Bonchev–Trinajstić information content (AvgIpc) is 2.82. The lowest BCUT2D eigenvalue weighted by Crippen LogP contribution is -2.50. The van der Waals surface area contributed by atoms with E-state index in [0.29, 0.717) is 48.4 Å². The van der Waals surface area contributed by atoms with Crippen LogP contribution < -0.4 is 4.90 Å². The molecule has 164 valence electrons. The fourth-order valence-electron chi connectivity index (χ4n) is 3.75. The van der Waals surface area contributed by atoms with E-state index < -0.39 is 11.8 Å². The maximum atomic E-state index is 14.4. The first-order chi connectivity index (χ1) is 15.4. The van der Waals surface area contributed by atoms with E-state index in [-0.39, 0.29) is 18.3 Å². The third kappa shape index (κ3) is 4.44. The third-order valence-corrected chi connectivity index (χ3v) is 5.54. The number of piperazine rings is 1. The minimum Gasteiger partial charge on any atom is -0.452 e. The van der Waals surface area contributed by atoms with Crippen LogP contribution in [-0.4, -0.2) is 60.3 Å². The highest BCUT2D eigenvalue weighted by Crippen LogP contribution is 2.22. The van der Waals surface area contributed by atoms with Crippen molar-refractivity contribution in [2.45, 2.75) is 6.92 Å². The Morgan fingerprint density at radius 3 is 2.50 bits per heavy atom. The quantitative estimate of drug-likeness (QED) is 0.453. The number of carbonyl (C=O) groups excluding carboxylic acids is 3. The number of halogens is 1. The number of anilines is 1. The topological polar surface area (TPSA) is 79.8 Å². The van der Waals surface area contributed by atoms with Crippen LogP contribution in [0.3, 0.4) is 0 Å². The van der Waals surface area contributed by atoms with E-state index in [1.807, 2.05) is 23.1 Å². The van der Waals surface area contributed by atoms with Crippen molar-refractivity contribution >= 4 is 34.1 Å². The number of nitrogens with zero attached hydrogens (tertiary/aromatic N) is 3. The first-order valence-electron chi connectivity index (χ1n) is 10.3. The summed E-state index contributed by atoms with van der Waals surface area (Å²) in [4.78, 5) is 43.9. The van der Waals surface area contributed by atoms with Gasteiger partial charge in [-0.15, -0.1) is 0 Å². The van der Waals surface area contributed by atoms with E-state index in [0.717, 1.165) is 5.39 Å². The molecule has 0 atom stereocenters. The molecule has 0 aliphatic carbocycles. The molecule has 3 aromatic rings. The van der Waals surface area contributed by atoms with Gasteiger partial charge in [-0.1, -0.05) is 24.3 Å². The number of Topliss-reactive ketones (excluding diaryl/α,β-unsaturated/α-hetero) is 1. The van der Waals surface area contributed by atoms with Crippen LogP contribution >= 0.6 is 0 Å². The molecular weight excluding hydrogens is 413 g/mol. The van der Waals surface area contributed by atoms with Crippen molar-refractivity contribution in [3.63, 3.8) is 0 Å². The summed E-state index contributed by atoms with van der Waals surface area (Å²) in [7, 11) is 0. The number of hydrogen-bond donors (Lipinski definition) is 0. The van der Waals surface area contributed by atoms with Gasteiger partial charge in [0.1, 0.15) is 5.82 Å². The van der Waals surface area contributed by atoms with Crippen molar-refractivity contribution < 1.29 is 23.5 Å². The van der Waals surface area contributed by atoms with Crippen LogP contribution in [0.1, 0.15) is 27.6 Å².